The summed E-state index contributed by atoms with van der Waals surface area (Å²) in [5, 5.41) is 0.999. The molecule has 0 aliphatic rings. The molecular weight excluding hydrogens is 300 g/mol. The molecule has 0 saturated heterocycles. The molecule has 4 rings (SSSR count). The first kappa shape index (κ1) is 14.4. The number of nitrogens with two attached hydrogens (primary N) is 2. The molecule has 2 aromatic heterocycles. The van der Waals surface area contributed by atoms with Gasteiger partial charge in [-0.1, -0.05) is 48.5 Å². The van der Waals surface area contributed by atoms with Crippen molar-refractivity contribution in [1.82, 2.24) is 9.97 Å². The highest BCUT2D eigenvalue weighted by Crippen LogP contribution is 2.30. The van der Waals surface area contributed by atoms with Crippen LogP contribution >= 0.6 is 0 Å². The van der Waals surface area contributed by atoms with E-state index in [-0.39, 0.29) is 6.54 Å². The average Bonchev–Trinajstić information content (AvgIpc) is 3.06. The predicted octanol–water partition coefficient (Wildman–Crippen LogP) is 3.60. The topological polar surface area (TPSA) is 91.0 Å². The normalized spacial score (nSPS) is 11.0. The second-order valence-electron chi connectivity index (χ2n) is 5.48. The Morgan fingerprint density at radius 2 is 1.67 bits per heavy atom. The molecule has 0 atom stereocenters. The third-order valence-corrected chi connectivity index (χ3v) is 3.94. The van der Waals surface area contributed by atoms with Crippen molar-refractivity contribution >= 4 is 16.8 Å². The number of anilines is 1. The van der Waals surface area contributed by atoms with Crippen molar-refractivity contribution in [3.8, 4) is 22.8 Å². The van der Waals surface area contributed by atoms with E-state index in [0.29, 0.717) is 17.4 Å². The number of hydrogen-bond acceptors (Lipinski definition) is 5. The zero-order valence-corrected chi connectivity index (χ0v) is 12.9. The second kappa shape index (κ2) is 5.79. The summed E-state index contributed by atoms with van der Waals surface area (Å²) < 4.78 is 5.86. The van der Waals surface area contributed by atoms with E-state index in [9.17, 15) is 0 Å². The molecule has 0 fully saturated rings. The minimum absolute atomic E-state index is 0.274. The van der Waals surface area contributed by atoms with Crippen LogP contribution in [-0.4, -0.2) is 9.97 Å². The lowest BCUT2D eigenvalue weighted by Crippen LogP contribution is -2.09. The smallest absolute Gasteiger partial charge is 0.198 e. The molecule has 118 valence electrons. The summed E-state index contributed by atoms with van der Waals surface area (Å²) in [6.07, 6.45) is 0. The minimum atomic E-state index is 0.274. The number of nitrogens with zero attached hydrogens (tertiary/aromatic N) is 2. The third kappa shape index (κ3) is 2.41. The van der Waals surface area contributed by atoms with Gasteiger partial charge < -0.3 is 15.9 Å². The number of para-hydroxylation sites is 1. The van der Waals surface area contributed by atoms with Gasteiger partial charge >= 0.3 is 0 Å². The highest BCUT2D eigenvalue weighted by Gasteiger charge is 2.16. The first-order valence-electron chi connectivity index (χ1n) is 7.67. The van der Waals surface area contributed by atoms with Crippen molar-refractivity contribution < 1.29 is 4.42 Å². The number of fused-ring (bicyclic) bond motifs is 1. The van der Waals surface area contributed by atoms with Crippen LogP contribution in [0.25, 0.3) is 33.8 Å². The standard InChI is InChI=1S/C19H16N4O/c20-11-14-17(12-6-2-1-3-7-12)22-19(23-18(14)21)16-10-13-8-4-5-9-15(13)24-16/h1-10H,11,20H2,(H2,21,22,23). The molecule has 4 N–H and O–H groups in total. The number of aromatic nitrogens is 2. The van der Waals surface area contributed by atoms with Crippen LogP contribution in [0.4, 0.5) is 5.82 Å². The van der Waals surface area contributed by atoms with E-state index < -0.39 is 0 Å². The molecule has 0 amide bonds. The molecule has 0 saturated carbocycles. The van der Waals surface area contributed by atoms with E-state index in [1.165, 1.54) is 0 Å². The van der Waals surface area contributed by atoms with Crippen LogP contribution in [0.2, 0.25) is 0 Å². The van der Waals surface area contributed by atoms with E-state index in [2.05, 4.69) is 9.97 Å². The monoisotopic (exact) mass is 316 g/mol. The molecule has 24 heavy (non-hydrogen) atoms. The Morgan fingerprint density at radius 3 is 2.42 bits per heavy atom. The number of benzene rings is 2. The lowest BCUT2D eigenvalue weighted by atomic mass is 10.1. The van der Waals surface area contributed by atoms with Crippen LogP contribution in [0.3, 0.4) is 0 Å². The van der Waals surface area contributed by atoms with Crippen molar-refractivity contribution in [2.75, 3.05) is 5.73 Å². The van der Waals surface area contributed by atoms with Gasteiger partial charge in [-0.25, -0.2) is 9.97 Å². The predicted molar refractivity (Wildman–Crippen MR) is 95.0 cm³/mol. The van der Waals surface area contributed by atoms with Crippen LogP contribution in [0.15, 0.2) is 65.1 Å². The summed E-state index contributed by atoms with van der Waals surface area (Å²) >= 11 is 0. The first-order valence-corrected chi connectivity index (χ1v) is 7.67. The molecule has 2 heterocycles. The fourth-order valence-corrected chi connectivity index (χ4v) is 2.74. The lowest BCUT2D eigenvalue weighted by molar-refractivity contribution is 0.625. The Kier molecular flexibility index (Phi) is 3.48. The highest BCUT2D eigenvalue weighted by atomic mass is 16.3. The van der Waals surface area contributed by atoms with Crippen LogP contribution < -0.4 is 11.5 Å². The Bertz CT molecular complexity index is 975. The van der Waals surface area contributed by atoms with Crippen LogP contribution in [-0.2, 0) is 6.54 Å². The minimum Gasteiger partial charge on any atom is -0.453 e. The Balaban J connectivity index is 1.92. The SMILES string of the molecule is NCc1c(N)nc(-c2cc3ccccc3o2)nc1-c1ccccc1. The van der Waals surface area contributed by atoms with Gasteiger partial charge in [-0.2, -0.15) is 0 Å². The molecule has 0 aliphatic carbocycles. The summed E-state index contributed by atoms with van der Waals surface area (Å²) in [6, 6.07) is 19.5. The van der Waals surface area contributed by atoms with Crippen molar-refractivity contribution in [2.24, 2.45) is 5.73 Å². The zero-order chi connectivity index (χ0) is 16.5. The van der Waals surface area contributed by atoms with E-state index in [1.54, 1.807) is 0 Å². The summed E-state index contributed by atoms with van der Waals surface area (Å²) in [5.74, 6) is 1.42. The van der Waals surface area contributed by atoms with Gasteiger partial charge in [0.05, 0.1) is 5.69 Å². The van der Waals surface area contributed by atoms with Gasteiger partial charge in [0.1, 0.15) is 11.4 Å². The molecule has 0 spiro atoms. The van der Waals surface area contributed by atoms with Crippen LogP contribution in [0, 0.1) is 0 Å². The fraction of sp³-hybridized carbons (Fsp3) is 0.0526. The summed E-state index contributed by atoms with van der Waals surface area (Å²) in [4.78, 5) is 9.06. The van der Waals surface area contributed by atoms with Gasteiger partial charge in [-0.15, -0.1) is 0 Å². The average molecular weight is 316 g/mol. The van der Waals surface area contributed by atoms with E-state index in [0.717, 1.165) is 27.8 Å². The largest absolute Gasteiger partial charge is 0.453 e. The number of rotatable bonds is 3. The van der Waals surface area contributed by atoms with Gasteiger partial charge in [0, 0.05) is 23.1 Å². The van der Waals surface area contributed by atoms with E-state index in [4.69, 9.17) is 15.9 Å². The van der Waals surface area contributed by atoms with Gasteiger partial charge in [-0.3, -0.25) is 0 Å². The Morgan fingerprint density at radius 1 is 0.917 bits per heavy atom. The maximum Gasteiger partial charge on any atom is 0.198 e. The quantitative estimate of drug-likeness (QED) is 0.602. The zero-order valence-electron chi connectivity index (χ0n) is 12.9. The van der Waals surface area contributed by atoms with Crippen molar-refractivity contribution in [1.29, 1.82) is 0 Å². The van der Waals surface area contributed by atoms with Gasteiger partial charge in [0.2, 0.25) is 0 Å². The van der Waals surface area contributed by atoms with E-state index >= 15 is 0 Å². The summed E-state index contributed by atoms with van der Waals surface area (Å²) in [6.45, 7) is 0.274. The summed E-state index contributed by atoms with van der Waals surface area (Å²) in [7, 11) is 0. The maximum absolute atomic E-state index is 6.13. The first-order chi connectivity index (χ1) is 11.8. The summed E-state index contributed by atoms with van der Waals surface area (Å²) in [5.41, 5.74) is 15.2. The van der Waals surface area contributed by atoms with E-state index in [1.807, 2.05) is 60.7 Å². The number of hydrogen-bond donors (Lipinski definition) is 2. The van der Waals surface area contributed by atoms with Gasteiger partial charge in [0.15, 0.2) is 11.6 Å². The van der Waals surface area contributed by atoms with Crippen LogP contribution in [0.5, 0.6) is 0 Å². The number of furan rings is 1. The van der Waals surface area contributed by atoms with Crippen molar-refractivity contribution in [3.05, 3.63) is 66.2 Å². The molecule has 5 nitrogen and oxygen atoms in total. The van der Waals surface area contributed by atoms with Gasteiger partial charge in [-0.05, 0) is 12.1 Å². The molecule has 0 bridgehead atoms. The molecule has 0 aliphatic heterocycles. The third-order valence-electron chi connectivity index (χ3n) is 3.94. The second-order valence-corrected chi connectivity index (χ2v) is 5.48. The fourth-order valence-electron chi connectivity index (χ4n) is 2.74. The molecule has 0 unspecified atom stereocenters. The molecule has 0 radical (unpaired) electrons. The Hall–Kier alpha value is -3.18. The molecule has 4 aromatic rings. The van der Waals surface area contributed by atoms with Gasteiger partial charge in [0.25, 0.3) is 0 Å². The molecular formula is C19H16N4O. The van der Waals surface area contributed by atoms with Crippen LogP contribution in [0.1, 0.15) is 5.56 Å². The van der Waals surface area contributed by atoms with Crippen molar-refractivity contribution in [2.45, 2.75) is 6.54 Å². The number of nitrogen functional groups attached to an aromatic ring is 1. The Labute approximate surface area is 139 Å². The molecule has 5 heteroatoms. The lowest BCUT2D eigenvalue weighted by Gasteiger charge is -2.11. The molecule has 2 aromatic carbocycles. The maximum atomic E-state index is 6.13. The van der Waals surface area contributed by atoms with Crippen molar-refractivity contribution in [3.63, 3.8) is 0 Å². The highest BCUT2D eigenvalue weighted by molar-refractivity contribution is 5.82.